The quantitative estimate of drug-likeness (QED) is 0.494. The maximum atomic E-state index is 11.7. The minimum atomic E-state index is 0.0125. The van der Waals surface area contributed by atoms with Gasteiger partial charge in [0.2, 0.25) is 5.91 Å². The van der Waals surface area contributed by atoms with Gasteiger partial charge in [-0.3, -0.25) is 4.79 Å². The van der Waals surface area contributed by atoms with E-state index in [1.165, 1.54) is 0 Å². The summed E-state index contributed by atoms with van der Waals surface area (Å²) in [5.74, 6) is 7.15. The first-order chi connectivity index (χ1) is 8.58. The van der Waals surface area contributed by atoms with Crippen molar-refractivity contribution in [3.63, 3.8) is 0 Å². The van der Waals surface area contributed by atoms with Gasteiger partial charge in [-0.1, -0.05) is 0 Å². The summed E-state index contributed by atoms with van der Waals surface area (Å²) in [6.07, 6.45) is 2.17. The smallest absolute Gasteiger partial charge is 0.239 e. The number of aromatic nitrogens is 2. The van der Waals surface area contributed by atoms with Gasteiger partial charge in [-0.15, -0.1) is 0 Å². The Bertz CT molecular complexity index is 445. The van der Waals surface area contributed by atoms with Crippen molar-refractivity contribution in [3.05, 3.63) is 11.9 Å². The summed E-state index contributed by atoms with van der Waals surface area (Å²) in [5.41, 5.74) is 2.48. The first kappa shape index (κ1) is 12.6. The molecule has 0 saturated heterocycles. The molecule has 7 heteroatoms. The Morgan fingerprint density at radius 3 is 2.89 bits per heavy atom. The van der Waals surface area contributed by atoms with Gasteiger partial charge in [-0.05, 0) is 19.8 Å². The predicted molar refractivity (Wildman–Crippen MR) is 69.0 cm³/mol. The largest absolute Gasteiger partial charge is 0.352 e. The van der Waals surface area contributed by atoms with E-state index in [1.807, 2.05) is 7.05 Å². The van der Waals surface area contributed by atoms with Crippen LogP contribution in [0.4, 0.5) is 11.6 Å². The van der Waals surface area contributed by atoms with Crippen molar-refractivity contribution >= 4 is 17.5 Å². The molecule has 0 unspecified atom stereocenters. The van der Waals surface area contributed by atoms with Gasteiger partial charge in [0, 0.05) is 19.2 Å². The van der Waals surface area contributed by atoms with Crippen molar-refractivity contribution in [2.75, 3.05) is 23.9 Å². The molecule has 1 saturated carbocycles. The fourth-order valence-electron chi connectivity index (χ4n) is 1.62. The second-order valence-electron chi connectivity index (χ2n) is 4.50. The molecule has 1 heterocycles. The van der Waals surface area contributed by atoms with E-state index in [0.29, 0.717) is 23.5 Å². The summed E-state index contributed by atoms with van der Waals surface area (Å²) < 4.78 is 0. The minimum Gasteiger partial charge on any atom is -0.352 e. The van der Waals surface area contributed by atoms with Gasteiger partial charge in [0.15, 0.2) is 0 Å². The van der Waals surface area contributed by atoms with Crippen LogP contribution >= 0.6 is 0 Å². The van der Waals surface area contributed by atoms with E-state index in [0.717, 1.165) is 12.8 Å². The Morgan fingerprint density at radius 1 is 1.56 bits per heavy atom. The SMILES string of the molecule is Cc1nc(NN)cc(N(C)CC(=O)NC2CC2)n1. The fraction of sp³-hybridized carbons (Fsp3) is 0.545. The number of aryl methyl sites for hydroxylation is 1. The molecule has 0 aromatic carbocycles. The van der Waals surface area contributed by atoms with Gasteiger partial charge in [0.25, 0.3) is 0 Å². The molecule has 1 aromatic rings. The lowest BCUT2D eigenvalue weighted by atomic mass is 10.4. The van der Waals surface area contributed by atoms with Crippen LogP contribution in [0.1, 0.15) is 18.7 Å². The van der Waals surface area contributed by atoms with E-state index in [-0.39, 0.29) is 12.5 Å². The average Bonchev–Trinajstić information content (AvgIpc) is 3.11. The number of amides is 1. The topological polar surface area (TPSA) is 96.2 Å². The third-order valence-electron chi connectivity index (χ3n) is 2.69. The average molecular weight is 250 g/mol. The minimum absolute atomic E-state index is 0.0125. The summed E-state index contributed by atoms with van der Waals surface area (Å²) in [7, 11) is 1.81. The van der Waals surface area contributed by atoms with Gasteiger partial charge in [0.1, 0.15) is 17.5 Å². The zero-order valence-corrected chi connectivity index (χ0v) is 10.6. The highest BCUT2D eigenvalue weighted by Crippen LogP contribution is 2.18. The molecule has 0 spiro atoms. The van der Waals surface area contributed by atoms with Crippen molar-refractivity contribution in [2.24, 2.45) is 5.84 Å². The molecular formula is C11H18N6O. The first-order valence-electron chi connectivity index (χ1n) is 5.91. The van der Waals surface area contributed by atoms with Gasteiger partial charge in [-0.25, -0.2) is 15.8 Å². The normalized spacial score (nSPS) is 14.2. The molecular weight excluding hydrogens is 232 g/mol. The third kappa shape index (κ3) is 3.30. The molecule has 98 valence electrons. The number of carbonyl (C=O) groups is 1. The second-order valence-corrected chi connectivity index (χ2v) is 4.50. The molecule has 0 aliphatic heterocycles. The molecule has 0 atom stereocenters. The number of nitrogen functional groups attached to an aromatic ring is 1. The fourth-order valence-corrected chi connectivity index (χ4v) is 1.62. The highest BCUT2D eigenvalue weighted by Gasteiger charge is 2.23. The number of nitrogens with zero attached hydrogens (tertiary/aromatic N) is 3. The number of rotatable bonds is 5. The highest BCUT2D eigenvalue weighted by molar-refractivity contribution is 5.81. The lowest BCUT2D eigenvalue weighted by Crippen LogP contribution is -2.36. The standard InChI is InChI=1S/C11H18N6O/c1-7-13-9(16-12)5-10(14-7)17(2)6-11(18)15-8-3-4-8/h5,8H,3-4,6,12H2,1-2H3,(H,15,18)(H,13,14,16). The number of hydrogen-bond acceptors (Lipinski definition) is 6. The Balaban J connectivity index is 2.00. The van der Waals surface area contributed by atoms with Gasteiger partial charge < -0.3 is 15.6 Å². The lowest BCUT2D eigenvalue weighted by Gasteiger charge is -2.18. The van der Waals surface area contributed by atoms with Crippen molar-refractivity contribution in [1.29, 1.82) is 0 Å². The highest BCUT2D eigenvalue weighted by atomic mass is 16.2. The van der Waals surface area contributed by atoms with E-state index < -0.39 is 0 Å². The number of nitrogens with one attached hydrogen (secondary N) is 2. The van der Waals surface area contributed by atoms with Crippen LogP contribution in [0.2, 0.25) is 0 Å². The van der Waals surface area contributed by atoms with Crippen LogP contribution in [0.3, 0.4) is 0 Å². The van der Waals surface area contributed by atoms with Gasteiger partial charge >= 0.3 is 0 Å². The number of anilines is 2. The summed E-state index contributed by atoms with van der Waals surface area (Å²) in [5, 5.41) is 2.93. The maximum absolute atomic E-state index is 11.7. The van der Waals surface area contributed by atoms with Crippen LogP contribution in [0.25, 0.3) is 0 Å². The number of hydrazine groups is 1. The molecule has 7 nitrogen and oxygen atoms in total. The maximum Gasteiger partial charge on any atom is 0.239 e. The molecule has 1 fully saturated rings. The van der Waals surface area contributed by atoms with Crippen LogP contribution in [0.5, 0.6) is 0 Å². The molecule has 1 amide bonds. The number of hydrogen-bond donors (Lipinski definition) is 3. The zero-order valence-electron chi connectivity index (χ0n) is 10.6. The van der Waals surface area contributed by atoms with Crippen molar-refractivity contribution in [2.45, 2.75) is 25.8 Å². The van der Waals surface area contributed by atoms with Crippen molar-refractivity contribution < 1.29 is 4.79 Å². The van der Waals surface area contributed by atoms with Crippen LogP contribution in [0, 0.1) is 6.92 Å². The van der Waals surface area contributed by atoms with Crippen molar-refractivity contribution in [1.82, 2.24) is 15.3 Å². The molecule has 1 aromatic heterocycles. The van der Waals surface area contributed by atoms with Crippen molar-refractivity contribution in [3.8, 4) is 0 Å². The third-order valence-corrected chi connectivity index (χ3v) is 2.69. The Kier molecular flexibility index (Phi) is 3.61. The van der Waals surface area contributed by atoms with E-state index in [1.54, 1.807) is 17.9 Å². The second kappa shape index (κ2) is 5.18. The van der Waals surface area contributed by atoms with Crippen LogP contribution in [-0.2, 0) is 4.79 Å². The lowest BCUT2D eigenvalue weighted by molar-refractivity contribution is -0.119. The molecule has 1 aliphatic rings. The first-order valence-corrected chi connectivity index (χ1v) is 5.91. The Hall–Kier alpha value is -1.89. The van der Waals surface area contributed by atoms with E-state index in [2.05, 4.69) is 20.7 Å². The van der Waals surface area contributed by atoms with Gasteiger partial charge in [0.05, 0.1) is 6.54 Å². The molecule has 0 bridgehead atoms. The monoisotopic (exact) mass is 250 g/mol. The number of carbonyl (C=O) groups excluding carboxylic acids is 1. The van der Waals surface area contributed by atoms with Crippen LogP contribution in [-0.4, -0.2) is 35.5 Å². The molecule has 4 N–H and O–H groups in total. The van der Waals surface area contributed by atoms with E-state index in [4.69, 9.17) is 5.84 Å². The summed E-state index contributed by atoms with van der Waals surface area (Å²) in [6.45, 7) is 2.05. The summed E-state index contributed by atoms with van der Waals surface area (Å²) in [6, 6.07) is 2.08. The molecule has 1 aliphatic carbocycles. The summed E-state index contributed by atoms with van der Waals surface area (Å²) >= 11 is 0. The van der Waals surface area contributed by atoms with Crippen LogP contribution in [0.15, 0.2) is 6.07 Å². The summed E-state index contributed by atoms with van der Waals surface area (Å²) in [4.78, 5) is 21.8. The molecule has 0 radical (unpaired) electrons. The van der Waals surface area contributed by atoms with E-state index in [9.17, 15) is 4.79 Å². The number of likely N-dealkylation sites (N-methyl/N-ethyl adjacent to an activating group) is 1. The zero-order chi connectivity index (χ0) is 13.1. The molecule has 2 rings (SSSR count). The van der Waals surface area contributed by atoms with Crippen LogP contribution < -0.4 is 21.5 Å². The molecule has 18 heavy (non-hydrogen) atoms. The Labute approximate surface area is 106 Å². The number of nitrogens with two attached hydrogens (primary N) is 1. The van der Waals surface area contributed by atoms with Gasteiger partial charge in [-0.2, -0.15) is 0 Å². The van der Waals surface area contributed by atoms with E-state index >= 15 is 0 Å². The predicted octanol–water partition coefficient (Wildman–Crippen LogP) is -0.215. The Morgan fingerprint density at radius 2 is 2.28 bits per heavy atom.